The first kappa shape index (κ1) is 20.0. The first-order chi connectivity index (χ1) is 15.9. The number of hydrogen-bond donors (Lipinski definition) is 0. The van der Waals surface area contributed by atoms with Gasteiger partial charge in [0.15, 0.2) is 0 Å². The Morgan fingerprint density at radius 2 is 2.00 bits per heavy atom. The fraction of sp³-hybridized carbons (Fsp3) is 0.333. The highest BCUT2D eigenvalue weighted by atomic mass is 19.3. The van der Waals surface area contributed by atoms with E-state index in [1.165, 1.54) is 18.5 Å². The number of hydrogen-bond acceptors (Lipinski definition) is 5. The molecule has 0 spiro atoms. The number of halogens is 2. The molecule has 6 rings (SSSR count). The highest BCUT2D eigenvalue weighted by Gasteiger charge is 2.38. The third kappa shape index (κ3) is 3.06. The van der Waals surface area contributed by atoms with Crippen molar-refractivity contribution in [1.29, 1.82) is 0 Å². The van der Waals surface area contributed by atoms with Gasteiger partial charge in [-0.15, -0.1) is 0 Å². The first-order valence-corrected chi connectivity index (χ1v) is 10.9. The van der Waals surface area contributed by atoms with Crippen molar-refractivity contribution in [2.75, 3.05) is 7.05 Å². The van der Waals surface area contributed by atoms with Crippen LogP contribution in [0, 0.1) is 0 Å². The number of carbonyl (C=O) groups excluding carboxylic acids is 1. The van der Waals surface area contributed by atoms with E-state index in [9.17, 15) is 13.6 Å². The van der Waals surface area contributed by atoms with Gasteiger partial charge < -0.3 is 13.9 Å². The normalized spacial score (nSPS) is 18.4. The molecule has 0 saturated heterocycles. The standard InChI is InChI=1S/C24H21F2N5O2/c1-12-24(32)30(2)11-18-19(29-22(31(12)18)13-6-7-13)14-4-3-5-17-15(14)10-16(21(25)26)20(28-17)23-27-8-9-33-23/h3-5,8-10,12-13,21H,6-7,11H2,1-2H3/t12-/m0/s1. The van der Waals surface area contributed by atoms with Gasteiger partial charge in [0, 0.05) is 29.5 Å². The maximum Gasteiger partial charge on any atom is 0.266 e. The van der Waals surface area contributed by atoms with Crippen LogP contribution in [-0.2, 0) is 11.3 Å². The molecule has 1 saturated carbocycles. The molecule has 1 aromatic carbocycles. The van der Waals surface area contributed by atoms with Crippen molar-refractivity contribution in [3.05, 3.63) is 53.8 Å². The molecule has 4 aromatic rings. The van der Waals surface area contributed by atoms with Gasteiger partial charge in [-0.2, -0.15) is 0 Å². The van der Waals surface area contributed by atoms with Crippen LogP contribution in [-0.4, -0.2) is 37.4 Å². The minimum atomic E-state index is -2.75. The molecule has 0 N–H and O–H groups in total. The number of carbonyl (C=O) groups is 1. The monoisotopic (exact) mass is 449 g/mol. The van der Waals surface area contributed by atoms with Gasteiger partial charge in [0.1, 0.15) is 23.8 Å². The molecular formula is C24H21F2N5O2. The fourth-order valence-electron chi connectivity index (χ4n) is 4.74. The number of amides is 1. The van der Waals surface area contributed by atoms with Crippen molar-refractivity contribution in [1.82, 2.24) is 24.4 Å². The Balaban J connectivity index is 1.60. The lowest BCUT2D eigenvalue weighted by molar-refractivity contribution is -0.135. The van der Waals surface area contributed by atoms with Crippen LogP contribution < -0.4 is 0 Å². The van der Waals surface area contributed by atoms with Gasteiger partial charge in [0.25, 0.3) is 6.43 Å². The number of rotatable bonds is 4. The molecule has 3 aromatic heterocycles. The van der Waals surface area contributed by atoms with E-state index in [0.717, 1.165) is 35.6 Å². The Bertz CT molecular complexity index is 1390. The second kappa shape index (κ2) is 7.19. The van der Waals surface area contributed by atoms with Gasteiger partial charge in [-0.25, -0.2) is 23.7 Å². The van der Waals surface area contributed by atoms with Crippen LogP contribution in [0.3, 0.4) is 0 Å². The summed E-state index contributed by atoms with van der Waals surface area (Å²) in [6, 6.07) is 6.62. The lowest BCUT2D eigenvalue weighted by Crippen LogP contribution is -2.39. The molecule has 2 aliphatic rings. The van der Waals surface area contributed by atoms with Crippen molar-refractivity contribution in [2.24, 2.45) is 0 Å². The van der Waals surface area contributed by atoms with Crippen molar-refractivity contribution in [3.8, 4) is 22.8 Å². The molecule has 0 unspecified atom stereocenters. The van der Waals surface area contributed by atoms with Crippen molar-refractivity contribution in [2.45, 2.75) is 44.7 Å². The molecule has 1 atom stereocenters. The molecule has 4 heterocycles. The van der Waals surface area contributed by atoms with Crippen LogP contribution in [0.4, 0.5) is 8.78 Å². The van der Waals surface area contributed by atoms with E-state index in [2.05, 4.69) is 14.5 Å². The smallest absolute Gasteiger partial charge is 0.266 e. The molecule has 1 amide bonds. The third-order valence-electron chi connectivity index (χ3n) is 6.50. The Morgan fingerprint density at radius 3 is 2.70 bits per heavy atom. The average Bonchev–Trinajstić information content (AvgIpc) is 3.36. The summed E-state index contributed by atoms with van der Waals surface area (Å²) in [4.78, 5) is 27.9. The minimum Gasteiger partial charge on any atom is -0.443 e. The van der Waals surface area contributed by atoms with E-state index in [1.54, 1.807) is 18.0 Å². The number of nitrogens with zero attached hydrogens (tertiary/aromatic N) is 5. The maximum atomic E-state index is 14.0. The second-order valence-electron chi connectivity index (χ2n) is 8.72. The molecule has 33 heavy (non-hydrogen) atoms. The molecule has 9 heteroatoms. The largest absolute Gasteiger partial charge is 0.443 e. The van der Waals surface area contributed by atoms with Crippen molar-refractivity contribution < 1.29 is 18.0 Å². The number of pyridine rings is 1. The van der Waals surface area contributed by atoms with Crippen LogP contribution in [0.15, 0.2) is 41.1 Å². The van der Waals surface area contributed by atoms with E-state index in [4.69, 9.17) is 9.40 Å². The molecule has 168 valence electrons. The van der Waals surface area contributed by atoms with Gasteiger partial charge >= 0.3 is 0 Å². The summed E-state index contributed by atoms with van der Waals surface area (Å²) in [6.07, 6.45) is 2.07. The third-order valence-corrected chi connectivity index (χ3v) is 6.50. The molecule has 1 fully saturated rings. The topological polar surface area (TPSA) is 77.1 Å². The molecule has 0 bridgehead atoms. The summed E-state index contributed by atoms with van der Waals surface area (Å²) in [6.45, 7) is 2.30. The van der Waals surface area contributed by atoms with Gasteiger partial charge in [0.2, 0.25) is 11.8 Å². The molecule has 1 aliphatic heterocycles. The minimum absolute atomic E-state index is 0.0316. The average molecular weight is 449 g/mol. The predicted molar refractivity (Wildman–Crippen MR) is 117 cm³/mol. The van der Waals surface area contributed by atoms with Crippen molar-refractivity contribution >= 4 is 16.8 Å². The number of likely N-dealkylation sites (N-methyl/N-ethyl adjacent to an activating group) is 1. The Hall–Kier alpha value is -3.62. The summed E-state index contributed by atoms with van der Waals surface area (Å²) in [5.74, 6) is 1.34. The number of alkyl halides is 2. The fourth-order valence-corrected chi connectivity index (χ4v) is 4.74. The highest BCUT2D eigenvalue weighted by Crippen LogP contribution is 2.45. The van der Waals surface area contributed by atoms with Gasteiger partial charge in [0.05, 0.1) is 29.6 Å². The molecule has 7 nitrogen and oxygen atoms in total. The Morgan fingerprint density at radius 1 is 1.18 bits per heavy atom. The second-order valence-corrected chi connectivity index (χ2v) is 8.72. The van der Waals surface area contributed by atoms with Crippen LogP contribution in [0.1, 0.15) is 55.2 Å². The van der Waals surface area contributed by atoms with Crippen LogP contribution in [0.2, 0.25) is 0 Å². The van der Waals surface area contributed by atoms with E-state index in [0.29, 0.717) is 23.4 Å². The zero-order chi connectivity index (χ0) is 22.9. The van der Waals surface area contributed by atoms with Gasteiger partial charge in [-0.3, -0.25) is 4.79 Å². The van der Waals surface area contributed by atoms with E-state index in [1.807, 2.05) is 19.1 Å². The number of fused-ring (bicyclic) bond motifs is 2. The van der Waals surface area contributed by atoms with Gasteiger partial charge in [-0.1, -0.05) is 12.1 Å². The number of aromatic nitrogens is 4. The number of imidazole rings is 1. The SMILES string of the molecule is C[C@H]1C(=O)N(C)Cc2c(-c3cccc4nc(-c5ncco5)c(C(F)F)cc34)nc(C3CC3)n21. The lowest BCUT2D eigenvalue weighted by atomic mass is 10.00. The lowest BCUT2D eigenvalue weighted by Gasteiger charge is -2.31. The Labute approximate surface area is 188 Å². The zero-order valence-corrected chi connectivity index (χ0v) is 18.1. The summed E-state index contributed by atoms with van der Waals surface area (Å²) < 4.78 is 35.4. The van der Waals surface area contributed by atoms with E-state index in [-0.39, 0.29) is 29.1 Å². The molecule has 1 aliphatic carbocycles. The highest BCUT2D eigenvalue weighted by molar-refractivity contribution is 5.96. The Kier molecular flexibility index (Phi) is 4.36. The van der Waals surface area contributed by atoms with Crippen LogP contribution in [0.25, 0.3) is 33.7 Å². The summed E-state index contributed by atoms with van der Waals surface area (Å²) in [5.41, 5.74) is 2.71. The van der Waals surface area contributed by atoms with E-state index < -0.39 is 6.43 Å². The summed E-state index contributed by atoms with van der Waals surface area (Å²) >= 11 is 0. The maximum absolute atomic E-state index is 14.0. The first-order valence-electron chi connectivity index (χ1n) is 10.9. The van der Waals surface area contributed by atoms with Gasteiger partial charge in [-0.05, 0) is 31.9 Å². The number of oxazole rings is 1. The zero-order valence-electron chi connectivity index (χ0n) is 18.1. The predicted octanol–water partition coefficient (Wildman–Crippen LogP) is 5.10. The van der Waals surface area contributed by atoms with Crippen LogP contribution >= 0.6 is 0 Å². The van der Waals surface area contributed by atoms with Crippen LogP contribution in [0.5, 0.6) is 0 Å². The molecular weight excluding hydrogens is 428 g/mol. The van der Waals surface area contributed by atoms with E-state index >= 15 is 0 Å². The molecule has 0 radical (unpaired) electrons. The summed E-state index contributed by atoms with van der Waals surface area (Å²) in [7, 11) is 1.78. The summed E-state index contributed by atoms with van der Waals surface area (Å²) in [5, 5.41) is 0.582. The number of benzene rings is 1. The quantitative estimate of drug-likeness (QED) is 0.433. The van der Waals surface area contributed by atoms with Crippen molar-refractivity contribution in [3.63, 3.8) is 0 Å².